The third kappa shape index (κ3) is 4.58. The molecule has 1 heterocycles. The van der Waals surface area contributed by atoms with Crippen LogP contribution >= 0.6 is 27.7 Å². The molecule has 1 aliphatic rings. The molecule has 1 atom stereocenters. The van der Waals surface area contributed by atoms with Crippen molar-refractivity contribution in [1.29, 1.82) is 0 Å². The molecular formula is C16H19BrFN5OS. The fourth-order valence-electron chi connectivity index (χ4n) is 2.85. The Hall–Kier alpha value is -1.48. The van der Waals surface area contributed by atoms with Gasteiger partial charge in [-0.25, -0.2) is 9.07 Å². The van der Waals surface area contributed by atoms with E-state index < -0.39 is 11.1 Å². The van der Waals surface area contributed by atoms with Gasteiger partial charge < -0.3 is 5.32 Å². The van der Waals surface area contributed by atoms with Crippen LogP contribution in [-0.4, -0.2) is 31.4 Å². The van der Waals surface area contributed by atoms with Crippen molar-refractivity contribution in [1.82, 2.24) is 20.2 Å². The number of carbonyl (C=O) groups is 1. The Kier molecular flexibility index (Phi) is 6.06. The summed E-state index contributed by atoms with van der Waals surface area (Å²) in [6.45, 7) is 1.76. The number of carbonyl (C=O) groups excluding carboxylic acids is 1. The molecule has 3 rings (SSSR count). The lowest BCUT2D eigenvalue weighted by molar-refractivity contribution is -0.115. The number of halogens is 2. The number of amides is 1. The lowest BCUT2D eigenvalue weighted by Gasteiger charge is -2.22. The fourth-order valence-corrected chi connectivity index (χ4v) is 4.05. The zero-order valence-corrected chi connectivity index (χ0v) is 16.2. The van der Waals surface area contributed by atoms with Gasteiger partial charge >= 0.3 is 0 Å². The molecule has 1 aliphatic carbocycles. The molecule has 0 bridgehead atoms. The normalized spacial score (nSPS) is 16.6. The number of benzene rings is 1. The van der Waals surface area contributed by atoms with Gasteiger partial charge in [0.2, 0.25) is 11.1 Å². The number of anilines is 1. The van der Waals surface area contributed by atoms with Crippen molar-refractivity contribution in [3.8, 4) is 0 Å². The molecule has 134 valence electrons. The molecule has 0 radical (unpaired) electrons. The van der Waals surface area contributed by atoms with Crippen molar-refractivity contribution in [2.24, 2.45) is 0 Å². The zero-order chi connectivity index (χ0) is 17.8. The average molecular weight is 428 g/mol. The number of thioether (sulfide) groups is 1. The number of hydrogen-bond donors (Lipinski definition) is 1. The minimum atomic E-state index is -0.480. The van der Waals surface area contributed by atoms with Crippen LogP contribution < -0.4 is 5.32 Å². The molecule has 0 saturated heterocycles. The quantitative estimate of drug-likeness (QED) is 0.723. The Balaban J connectivity index is 1.65. The van der Waals surface area contributed by atoms with Gasteiger partial charge in [0.15, 0.2) is 0 Å². The van der Waals surface area contributed by atoms with E-state index in [0.717, 1.165) is 12.8 Å². The first-order chi connectivity index (χ1) is 12.0. The maximum absolute atomic E-state index is 13.9. The van der Waals surface area contributed by atoms with Crippen molar-refractivity contribution in [2.45, 2.75) is 55.5 Å². The van der Waals surface area contributed by atoms with E-state index in [0.29, 0.717) is 15.7 Å². The summed E-state index contributed by atoms with van der Waals surface area (Å²) in [5.41, 5.74) is 0.160. The first-order valence-electron chi connectivity index (χ1n) is 8.25. The number of rotatable bonds is 5. The van der Waals surface area contributed by atoms with Crippen molar-refractivity contribution in [3.05, 3.63) is 28.5 Å². The van der Waals surface area contributed by atoms with Crippen molar-refractivity contribution in [3.63, 3.8) is 0 Å². The zero-order valence-electron chi connectivity index (χ0n) is 13.8. The second kappa shape index (κ2) is 8.27. The largest absolute Gasteiger partial charge is 0.323 e. The highest BCUT2D eigenvalue weighted by Crippen LogP contribution is 2.31. The highest BCUT2D eigenvalue weighted by molar-refractivity contribution is 9.10. The molecule has 1 N–H and O–H groups in total. The summed E-state index contributed by atoms with van der Waals surface area (Å²) >= 11 is 4.49. The molecule has 1 unspecified atom stereocenters. The minimum Gasteiger partial charge on any atom is -0.323 e. The van der Waals surface area contributed by atoms with E-state index in [1.165, 1.54) is 43.2 Å². The predicted molar refractivity (Wildman–Crippen MR) is 98.0 cm³/mol. The smallest absolute Gasteiger partial charge is 0.237 e. The Morgan fingerprint density at radius 2 is 2.16 bits per heavy atom. The SMILES string of the molecule is CC(Sc1nnnn1C1CCCCC1)C(=O)Nc1ccc(Br)cc1F. The molecule has 1 saturated carbocycles. The Bertz CT molecular complexity index is 750. The number of nitrogens with zero attached hydrogens (tertiary/aromatic N) is 4. The van der Waals surface area contributed by atoms with Gasteiger partial charge in [-0.15, -0.1) is 5.10 Å². The summed E-state index contributed by atoms with van der Waals surface area (Å²) in [6.07, 6.45) is 5.71. The predicted octanol–water partition coefficient (Wildman–Crippen LogP) is 4.20. The Morgan fingerprint density at radius 1 is 1.40 bits per heavy atom. The molecule has 1 amide bonds. The monoisotopic (exact) mass is 427 g/mol. The van der Waals surface area contributed by atoms with E-state index in [1.54, 1.807) is 13.0 Å². The fraction of sp³-hybridized carbons (Fsp3) is 0.500. The minimum absolute atomic E-state index is 0.160. The summed E-state index contributed by atoms with van der Waals surface area (Å²) < 4.78 is 16.3. The number of nitrogens with one attached hydrogen (secondary N) is 1. The second-order valence-electron chi connectivity index (χ2n) is 6.07. The maximum Gasteiger partial charge on any atom is 0.237 e. The van der Waals surface area contributed by atoms with Gasteiger partial charge in [-0.3, -0.25) is 4.79 Å². The van der Waals surface area contributed by atoms with Crippen molar-refractivity contribution in [2.75, 3.05) is 5.32 Å². The molecular weight excluding hydrogens is 409 g/mol. The van der Waals surface area contributed by atoms with Gasteiger partial charge in [0, 0.05) is 4.47 Å². The van der Waals surface area contributed by atoms with Crippen LogP contribution in [-0.2, 0) is 4.79 Å². The number of hydrogen-bond acceptors (Lipinski definition) is 5. The van der Waals surface area contributed by atoms with Gasteiger partial charge in [0.1, 0.15) is 5.82 Å². The molecule has 1 aromatic heterocycles. The Morgan fingerprint density at radius 3 is 2.88 bits per heavy atom. The number of aromatic nitrogens is 4. The molecule has 2 aromatic rings. The van der Waals surface area contributed by atoms with E-state index in [2.05, 4.69) is 36.8 Å². The van der Waals surface area contributed by atoms with E-state index in [4.69, 9.17) is 0 Å². The summed E-state index contributed by atoms with van der Waals surface area (Å²) in [6, 6.07) is 4.82. The lowest BCUT2D eigenvalue weighted by Crippen LogP contribution is -2.24. The Labute approximate surface area is 158 Å². The highest BCUT2D eigenvalue weighted by atomic mass is 79.9. The van der Waals surface area contributed by atoms with Crippen LogP contribution in [0.3, 0.4) is 0 Å². The third-order valence-electron chi connectivity index (χ3n) is 4.22. The van der Waals surface area contributed by atoms with Crippen molar-refractivity contribution < 1.29 is 9.18 Å². The van der Waals surface area contributed by atoms with Gasteiger partial charge in [-0.05, 0) is 48.4 Å². The molecule has 6 nitrogen and oxygen atoms in total. The van der Waals surface area contributed by atoms with Gasteiger partial charge in [0.05, 0.1) is 17.0 Å². The summed E-state index contributed by atoms with van der Waals surface area (Å²) in [5, 5.41) is 14.7. The summed E-state index contributed by atoms with van der Waals surface area (Å²) in [5.74, 6) is -0.767. The molecule has 9 heteroatoms. The van der Waals surface area contributed by atoms with Crippen LogP contribution in [0, 0.1) is 5.82 Å². The third-order valence-corrected chi connectivity index (χ3v) is 5.76. The number of tetrazole rings is 1. The van der Waals surface area contributed by atoms with Crippen LogP contribution in [0.4, 0.5) is 10.1 Å². The van der Waals surface area contributed by atoms with Crippen LogP contribution in [0.5, 0.6) is 0 Å². The topological polar surface area (TPSA) is 72.7 Å². The highest BCUT2D eigenvalue weighted by Gasteiger charge is 2.24. The van der Waals surface area contributed by atoms with Gasteiger partial charge in [-0.1, -0.05) is 47.0 Å². The molecule has 1 fully saturated rings. The van der Waals surface area contributed by atoms with Crippen LogP contribution in [0.25, 0.3) is 0 Å². The van der Waals surface area contributed by atoms with E-state index in [9.17, 15) is 9.18 Å². The molecule has 1 aromatic carbocycles. The summed E-state index contributed by atoms with van der Waals surface area (Å²) in [4.78, 5) is 12.4. The molecule has 0 spiro atoms. The molecule has 0 aliphatic heterocycles. The lowest BCUT2D eigenvalue weighted by atomic mass is 9.96. The summed E-state index contributed by atoms with van der Waals surface area (Å²) in [7, 11) is 0. The first-order valence-corrected chi connectivity index (χ1v) is 9.92. The first kappa shape index (κ1) is 18.3. The van der Waals surface area contributed by atoms with Crippen LogP contribution in [0.15, 0.2) is 27.8 Å². The van der Waals surface area contributed by atoms with Crippen LogP contribution in [0.1, 0.15) is 45.1 Å². The van der Waals surface area contributed by atoms with E-state index in [1.807, 2.05) is 4.68 Å². The average Bonchev–Trinajstić information content (AvgIpc) is 3.06. The second-order valence-corrected chi connectivity index (χ2v) is 8.29. The van der Waals surface area contributed by atoms with Gasteiger partial charge in [0.25, 0.3) is 0 Å². The molecule has 25 heavy (non-hydrogen) atoms. The van der Waals surface area contributed by atoms with E-state index >= 15 is 0 Å². The standard InChI is InChI=1S/C16H19BrFN5OS/c1-10(15(24)19-14-8-7-11(17)9-13(14)18)25-16-20-21-22-23(16)12-5-3-2-4-6-12/h7-10,12H,2-6H2,1H3,(H,19,24). The maximum atomic E-state index is 13.9. The van der Waals surface area contributed by atoms with E-state index in [-0.39, 0.29) is 11.6 Å². The van der Waals surface area contributed by atoms with Gasteiger partial charge in [-0.2, -0.15) is 0 Å². The van der Waals surface area contributed by atoms with Crippen molar-refractivity contribution >= 4 is 39.3 Å². The van der Waals surface area contributed by atoms with Crippen LogP contribution in [0.2, 0.25) is 0 Å².